The van der Waals surface area contributed by atoms with E-state index in [2.05, 4.69) is 30.6 Å². The van der Waals surface area contributed by atoms with E-state index >= 15 is 0 Å². The fraction of sp³-hybridized carbons (Fsp3) is 0.960. The molecule has 0 aromatic heterocycles. The van der Waals surface area contributed by atoms with Gasteiger partial charge in [0, 0.05) is 25.6 Å². The standard InChI is InChI=1S/C15H30N2.C8H15NO.C2H6/c1-4-16-9-7-15(8-10-16)17-11-5-14(6-12-17)13(2)3;1-2-8(10)9-6-4-3-5-7-9;1-2/h13-15H,4-12H2,1-3H3;2-7H2,1H3;1-2H3. The molecule has 0 atom stereocenters. The highest BCUT2D eigenvalue weighted by atomic mass is 16.2. The molecular formula is C25H51N3O. The Morgan fingerprint density at radius 1 is 0.828 bits per heavy atom. The molecular weight excluding hydrogens is 358 g/mol. The Balaban J connectivity index is 0.000000299. The summed E-state index contributed by atoms with van der Waals surface area (Å²) in [7, 11) is 0. The molecule has 3 fully saturated rings. The second-order valence-electron chi connectivity index (χ2n) is 9.08. The van der Waals surface area contributed by atoms with E-state index in [1.165, 1.54) is 77.7 Å². The van der Waals surface area contributed by atoms with Crippen molar-refractivity contribution in [3.05, 3.63) is 0 Å². The van der Waals surface area contributed by atoms with Crippen molar-refractivity contribution in [1.29, 1.82) is 0 Å². The molecule has 0 unspecified atom stereocenters. The highest BCUT2D eigenvalue weighted by molar-refractivity contribution is 5.75. The normalized spacial score (nSPS) is 22.5. The van der Waals surface area contributed by atoms with Crippen LogP contribution in [0, 0.1) is 11.8 Å². The summed E-state index contributed by atoms with van der Waals surface area (Å²) in [6.07, 6.45) is 10.0. The Bertz CT molecular complexity index is 404. The highest BCUT2D eigenvalue weighted by Gasteiger charge is 2.28. The first kappa shape index (κ1) is 26.4. The predicted octanol–water partition coefficient (Wildman–Crippen LogP) is 5.27. The molecule has 4 nitrogen and oxygen atoms in total. The van der Waals surface area contributed by atoms with Crippen LogP contribution in [0.4, 0.5) is 0 Å². The minimum absolute atomic E-state index is 0.319. The molecule has 3 saturated heterocycles. The van der Waals surface area contributed by atoms with E-state index in [-0.39, 0.29) is 0 Å². The summed E-state index contributed by atoms with van der Waals surface area (Å²) in [5.41, 5.74) is 0. The van der Waals surface area contributed by atoms with Crippen molar-refractivity contribution < 1.29 is 4.79 Å². The van der Waals surface area contributed by atoms with Crippen molar-refractivity contribution in [2.24, 2.45) is 11.8 Å². The SMILES string of the molecule is CC.CCC(=O)N1CCCCC1.CCN1CCC(N2CCC(C(C)C)CC2)CC1. The number of carbonyl (C=O) groups excluding carboxylic acids is 1. The van der Waals surface area contributed by atoms with Crippen molar-refractivity contribution in [2.45, 2.75) is 99.0 Å². The number of likely N-dealkylation sites (tertiary alicyclic amines) is 3. The molecule has 0 bridgehead atoms. The predicted molar refractivity (Wildman–Crippen MR) is 126 cm³/mol. The Morgan fingerprint density at radius 2 is 1.38 bits per heavy atom. The van der Waals surface area contributed by atoms with Crippen molar-refractivity contribution in [3.8, 4) is 0 Å². The van der Waals surface area contributed by atoms with Crippen LogP contribution >= 0.6 is 0 Å². The van der Waals surface area contributed by atoms with Gasteiger partial charge in [-0.3, -0.25) is 4.79 Å². The molecule has 3 aliphatic heterocycles. The van der Waals surface area contributed by atoms with E-state index in [0.717, 1.165) is 31.0 Å². The van der Waals surface area contributed by atoms with Gasteiger partial charge in [0.05, 0.1) is 0 Å². The van der Waals surface area contributed by atoms with Crippen LogP contribution < -0.4 is 0 Å². The van der Waals surface area contributed by atoms with Crippen LogP contribution in [0.1, 0.15) is 92.9 Å². The van der Waals surface area contributed by atoms with Gasteiger partial charge in [0.2, 0.25) is 5.91 Å². The van der Waals surface area contributed by atoms with Gasteiger partial charge in [-0.15, -0.1) is 0 Å². The number of rotatable bonds is 4. The summed E-state index contributed by atoms with van der Waals surface area (Å²) >= 11 is 0. The van der Waals surface area contributed by atoms with Crippen LogP contribution in [-0.2, 0) is 4.79 Å². The summed E-state index contributed by atoms with van der Waals surface area (Å²) in [5.74, 6) is 2.20. The first-order chi connectivity index (χ1) is 14.0. The molecule has 3 heterocycles. The fourth-order valence-corrected chi connectivity index (χ4v) is 4.92. The van der Waals surface area contributed by atoms with E-state index in [1.807, 2.05) is 25.7 Å². The van der Waals surface area contributed by atoms with E-state index in [0.29, 0.717) is 12.3 Å². The van der Waals surface area contributed by atoms with Crippen LogP contribution in [0.25, 0.3) is 0 Å². The van der Waals surface area contributed by atoms with Crippen LogP contribution in [-0.4, -0.2) is 72.5 Å². The van der Waals surface area contributed by atoms with Crippen molar-refractivity contribution in [2.75, 3.05) is 45.8 Å². The largest absolute Gasteiger partial charge is 0.343 e. The molecule has 0 aromatic rings. The van der Waals surface area contributed by atoms with Crippen LogP contribution in [0.15, 0.2) is 0 Å². The van der Waals surface area contributed by atoms with Gasteiger partial charge in [0.15, 0.2) is 0 Å². The molecule has 172 valence electrons. The molecule has 0 saturated carbocycles. The Labute approximate surface area is 182 Å². The molecule has 0 N–H and O–H groups in total. The third-order valence-corrected chi connectivity index (χ3v) is 7.05. The highest BCUT2D eigenvalue weighted by Crippen LogP contribution is 2.27. The van der Waals surface area contributed by atoms with Gasteiger partial charge in [0.25, 0.3) is 0 Å². The molecule has 0 aliphatic carbocycles. The minimum Gasteiger partial charge on any atom is -0.343 e. The fourth-order valence-electron chi connectivity index (χ4n) is 4.92. The van der Waals surface area contributed by atoms with E-state index in [1.54, 1.807) is 0 Å². The van der Waals surface area contributed by atoms with Crippen molar-refractivity contribution >= 4 is 5.91 Å². The number of hydrogen-bond acceptors (Lipinski definition) is 3. The molecule has 3 aliphatic rings. The summed E-state index contributed by atoms with van der Waals surface area (Å²) in [6, 6.07) is 0.894. The molecule has 29 heavy (non-hydrogen) atoms. The van der Waals surface area contributed by atoms with Crippen LogP contribution in [0.3, 0.4) is 0 Å². The topological polar surface area (TPSA) is 26.8 Å². The smallest absolute Gasteiger partial charge is 0.222 e. The first-order valence-electron chi connectivity index (χ1n) is 12.8. The molecule has 0 radical (unpaired) electrons. The zero-order chi connectivity index (χ0) is 21.6. The van der Waals surface area contributed by atoms with Crippen molar-refractivity contribution in [1.82, 2.24) is 14.7 Å². The average Bonchev–Trinajstić information content (AvgIpc) is 2.81. The first-order valence-corrected chi connectivity index (χ1v) is 12.8. The summed E-state index contributed by atoms with van der Waals surface area (Å²) in [5, 5.41) is 0. The lowest BCUT2D eigenvalue weighted by atomic mass is 9.85. The van der Waals surface area contributed by atoms with Crippen LogP contribution in [0.2, 0.25) is 0 Å². The van der Waals surface area contributed by atoms with Crippen LogP contribution in [0.5, 0.6) is 0 Å². The van der Waals surface area contributed by atoms with Gasteiger partial charge in [0.1, 0.15) is 0 Å². The average molecular weight is 410 g/mol. The maximum atomic E-state index is 11.1. The number of nitrogens with zero attached hydrogens (tertiary/aromatic N) is 3. The van der Waals surface area contributed by atoms with Gasteiger partial charge in [-0.2, -0.15) is 0 Å². The molecule has 4 heteroatoms. The summed E-state index contributed by atoms with van der Waals surface area (Å²) < 4.78 is 0. The maximum Gasteiger partial charge on any atom is 0.222 e. The van der Waals surface area contributed by atoms with Gasteiger partial charge in [-0.05, 0) is 89.5 Å². The van der Waals surface area contributed by atoms with E-state index < -0.39 is 0 Å². The number of amides is 1. The third kappa shape index (κ3) is 9.38. The van der Waals surface area contributed by atoms with Gasteiger partial charge in [-0.25, -0.2) is 0 Å². The third-order valence-electron chi connectivity index (χ3n) is 7.05. The number of hydrogen-bond donors (Lipinski definition) is 0. The van der Waals surface area contributed by atoms with E-state index in [4.69, 9.17) is 0 Å². The second-order valence-corrected chi connectivity index (χ2v) is 9.08. The molecule has 3 rings (SSSR count). The van der Waals surface area contributed by atoms with Gasteiger partial charge >= 0.3 is 0 Å². The number of piperidine rings is 3. The maximum absolute atomic E-state index is 11.1. The summed E-state index contributed by atoms with van der Waals surface area (Å²) in [4.78, 5) is 18.4. The Kier molecular flexibility index (Phi) is 13.9. The molecule has 0 spiro atoms. The van der Waals surface area contributed by atoms with Gasteiger partial charge in [-0.1, -0.05) is 41.5 Å². The van der Waals surface area contributed by atoms with Gasteiger partial charge < -0.3 is 14.7 Å². The molecule has 0 aromatic carbocycles. The zero-order valence-electron chi connectivity index (χ0n) is 20.6. The number of carbonyl (C=O) groups is 1. The lowest BCUT2D eigenvalue weighted by molar-refractivity contribution is -0.131. The lowest BCUT2D eigenvalue weighted by Gasteiger charge is -2.42. The van der Waals surface area contributed by atoms with Crippen molar-refractivity contribution in [3.63, 3.8) is 0 Å². The zero-order valence-corrected chi connectivity index (χ0v) is 20.6. The Hall–Kier alpha value is -0.610. The second kappa shape index (κ2) is 15.2. The quantitative estimate of drug-likeness (QED) is 0.632. The monoisotopic (exact) mass is 409 g/mol. The lowest BCUT2D eigenvalue weighted by Crippen LogP contribution is -2.48. The van der Waals surface area contributed by atoms with E-state index in [9.17, 15) is 4.79 Å². The molecule has 1 amide bonds. The minimum atomic E-state index is 0.319. The summed E-state index contributed by atoms with van der Waals surface area (Å²) in [6.45, 7) is 21.6. The Morgan fingerprint density at radius 3 is 1.83 bits per heavy atom.